The molecule has 0 radical (unpaired) electrons. The molecule has 1 N–H and O–H groups in total. The molecule has 3 aliphatic rings. The second kappa shape index (κ2) is 6.41. The Morgan fingerprint density at radius 3 is 2.81 bits per heavy atom. The van der Waals surface area contributed by atoms with Crippen LogP contribution in [0.2, 0.25) is 0 Å². The van der Waals surface area contributed by atoms with Crippen LogP contribution in [0.1, 0.15) is 70.8 Å². The third-order valence-corrected chi connectivity index (χ3v) is 6.78. The number of hydrogen-bond donors (Lipinski definition) is 1. The van der Waals surface area contributed by atoms with E-state index in [2.05, 4.69) is 17.2 Å². The highest BCUT2D eigenvalue weighted by atomic mass is 32.1. The molecule has 2 amide bonds. The van der Waals surface area contributed by atoms with Crippen LogP contribution < -0.4 is 5.32 Å². The predicted octanol–water partition coefficient (Wildman–Crippen LogP) is 3.20. The van der Waals surface area contributed by atoms with E-state index in [1.807, 2.05) is 16.3 Å². The van der Waals surface area contributed by atoms with Gasteiger partial charge in [-0.25, -0.2) is 4.98 Å². The zero-order chi connectivity index (χ0) is 18.5. The van der Waals surface area contributed by atoms with Crippen LogP contribution in [0, 0.1) is 5.92 Å². The summed E-state index contributed by atoms with van der Waals surface area (Å²) >= 11 is 1.44. The molecule has 1 aliphatic carbocycles. The second-order valence-electron chi connectivity index (χ2n) is 7.76. The Bertz CT molecular complexity index is 928. The summed E-state index contributed by atoms with van der Waals surface area (Å²) in [5.41, 5.74) is 3.77. The molecule has 2 aromatic heterocycles. The number of hydrogen-bond acceptors (Lipinski definition) is 5. The zero-order valence-corrected chi connectivity index (χ0v) is 16.1. The van der Waals surface area contributed by atoms with E-state index >= 15 is 0 Å². The molecule has 140 valence electrons. The fourth-order valence-electron chi connectivity index (χ4n) is 4.07. The highest BCUT2D eigenvalue weighted by Gasteiger charge is 2.33. The summed E-state index contributed by atoms with van der Waals surface area (Å²) in [7, 11) is 0. The van der Waals surface area contributed by atoms with Gasteiger partial charge in [0.15, 0.2) is 0 Å². The van der Waals surface area contributed by atoms with Crippen LogP contribution in [0.4, 0.5) is 0 Å². The van der Waals surface area contributed by atoms with Crippen molar-refractivity contribution >= 4 is 23.2 Å². The largest absolute Gasteiger partial charge is 0.346 e. The van der Waals surface area contributed by atoms with E-state index in [1.54, 1.807) is 0 Å². The van der Waals surface area contributed by atoms with Gasteiger partial charge >= 0.3 is 0 Å². The van der Waals surface area contributed by atoms with Gasteiger partial charge in [-0.05, 0) is 37.7 Å². The number of carbonyl (C=O) groups excluding carboxylic acids is 2. The summed E-state index contributed by atoms with van der Waals surface area (Å²) in [6, 6.07) is 2.02. The van der Waals surface area contributed by atoms with E-state index in [9.17, 15) is 9.59 Å². The van der Waals surface area contributed by atoms with E-state index in [0.29, 0.717) is 29.6 Å². The quantitative estimate of drug-likeness (QED) is 0.881. The van der Waals surface area contributed by atoms with Crippen molar-refractivity contribution in [1.29, 1.82) is 0 Å². The lowest BCUT2D eigenvalue weighted by Gasteiger charge is -2.14. The van der Waals surface area contributed by atoms with Crippen molar-refractivity contribution in [2.75, 3.05) is 13.1 Å². The molecule has 6 nitrogen and oxygen atoms in total. The molecule has 1 unspecified atom stereocenters. The first-order valence-corrected chi connectivity index (χ1v) is 10.6. The summed E-state index contributed by atoms with van der Waals surface area (Å²) < 4.78 is 0. The minimum absolute atomic E-state index is 0.00303. The summed E-state index contributed by atoms with van der Waals surface area (Å²) in [6.07, 6.45) is 4.61. The molecule has 2 aliphatic heterocycles. The first kappa shape index (κ1) is 16.9. The van der Waals surface area contributed by atoms with Gasteiger partial charge in [0.05, 0.1) is 17.8 Å². The van der Waals surface area contributed by atoms with Gasteiger partial charge in [0.1, 0.15) is 10.7 Å². The molecule has 7 heteroatoms. The predicted molar refractivity (Wildman–Crippen MR) is 103 cm³/mol. The van der Waals surface area contributed by atoms with Crippen molar-refractivity contribution in [3.8, 4) is 10.6 Å². The molecule has 27 heavy (non-hydrogen) atoms. The molecule has 0 bridgehead atoms. The second-order valence-corrected chi connectivity index (χ2v) is 8.62. The highest BCUT2D eigenvalue weighted by molar-refractivity contribution is 7.13. The van der Waals surface area contributed by atoms with Crippen LogP contribution in [0.25, 0.3) is 10.6 Å². The van der Waals surface area contributed by atoms with Crippen molar-refractivity contribution in [3.05, 3.63) is 34.1 Å². The number of pyridine rings is 1. The van der Waals surface area contributed by atoms with Gasteiger partial charge in [-0.3, -0.25) is 14.6 Å². The Morgan fingerprint density at radius 1 is 1.30 bits per heavy atom. The molecular formula is C20H22N4O2S. The van der Waals surface area contributed by atoms with Gasteiger partial charge in [-0.2, -0.15) is 0 Å². The van der Waals surface area contributed by atoms with Crippen LogP contribution in [-0.2, 0) is 6.54 Å². The molecule has 0 spiro atoms. The van der Waals surface area contributed by atoms with Gasteiger partial charge in [0, 0.05) is 35.6 Å². The number of aromatic nitrogens is 2. The molecule has 1 atom stereocenters. The third-order valence-electron chi connectivity index (χ3n) is 5.90. The monoisotopic (exact) mass is 382 g/mol. The fraction of sp³-hybridized carbons (Fsp3) is 0.500. The maximum absolute atomic E-state index is 12.6. The maximum atomic E-state index is 12.6. The normalized spacial score (nSPS) is 19.9. The Hall–Kier alpha value is -2.28. The van der Waals surface area contributed by atoms with Crippen LogP contribution in [-0.4, -0.2) is 39.8 Å². The van der Waals surface area contributed by atoms with Gasteiger partial charge in [-0.15, -0.1) is 11.3 Å². The molecule has 1 saturated carbocycles. The number of thiazole rings is 1. The average Bonchev–Trinajstić information content (AvgIpc) is 3.09. The van der Waals surface area contributed by atoms with Crippen molar-refractivity contribution in [2.45, 2.75) is 45.1 Å². The summed E-state index contributed by atoms with van der Waals surface area (Å²) in [5.74, 6) is 0.977. The molecule has 2 fully saturated rings. The van der Waals surface area contributed by atoms with Crippen LogP contribution in [0.3, 0.4) is 0 Å². The van der Waals surface area contributed by atoms with E-state index in [4.69, 9.17) is 4.98 Å². The first-order chi connectivity index (χ1) is 13.1. The number of nitrogens with zero attached hydrogens (tertiary/aromatic N) is 3. The standard InChI is InChI=1S/C20H22N4O2S/c1-11(12-4-5-12)14-8-13(17-15(22-14)9-21-18(17)25)19-23-16(10-27-19)20(26)24-6-2-3-7-24/h8,10-12H,2-7,9H2,1H3,(H,21,25). The SMILES string of the molecule is CC(c1cc(-c2nc(C(=O)N3CCCC3)cs2)c2c(n1)CNC2=O)C1CC1. The maximum Gasteiger partial charge on any atom is 0.273 e. The highest BCUT2D eigenvalue weighted by Crippen LogP contribution is 2.43. The van der Waals surface area contributed by atoms with Crippen LogP contribution in [0.5, 0.6) is 0 Å². The molecule has 5 rings (SSSR count). The Labute approximate surface area is 162 Å². The third kappa shape index (κ3) is 2.94. The number of carbonyl (C=O) groups is 2. The van der Waals surface area contributed by atoms with Gasteiger partial charge in [-0.1, -0.05) is 6.92 Å². The minimum Gasteiger partial charge on any atom is -0.346 e. The van der Waals surface area contributed by atoms with Crippen molar-refractivity contribution in [3.63, 3.8) is 0 Å². The lowest BCUT2D eigenvalue weighted by atomic mass is 9.97. The smallest absolute Gasteiger partial charge is 0.273 e. The number of rotatable bonds is 4. The molecular weight excluding hydrogens is 360 g/mol. The number of amides is 2. The van der Waals surface area contributed by atoms with E-state index in [1.165, 1.54) is 24.2 Å². The van der Waals surface area contributed by atoms with E-state index in [0.717, 1.165) is 47.9 Å². The van der Waals surface area contributed by atoms with Gasteiger partial charge in [0.25, 0.3) is 11.8 Å². The summed E-state index contributed by atoms with van der Waals surface area (Å²) in [5, 5.41) is 5.43. The number of nitrogens with one attached hydrogen (secondary N) is 1. The molecule has 4 heterocycles. The lowest BCUT2D eigenvalue weighted by Crippen LogP contribution is -2.27. The molecule has 0 aromatic carbocycles. The van der Waals surface area contributed by atoms with Gasteiger partial charge < -0.3 is 10.2 Å². The van der Waals surface area contributed by atoms with E-state index in [-0.39, 0.29) is 11.8 Å². The van der Waals surface area contributed by atoms with Crippen molar-refractivity contribution in [2.24, 2.45) is 5.92 Å². The average molecular weight is 382 g/mol. The topological polar surface area (TPSA) is 75.2 Å². The Morgan fingerprint density at radius 2 is 2.07 bits per heavy atom. The van der Waals surface area contributed by atoms with Crippen LogP contribution >= 0.6 is 11.3 Å². The molecule has 2 aromatic rings. The Balaban J connectivity index is 1.54. The zero-order valence-electron chi connectivity index (χ0n) is 15.3. The fourth-order valence-corrected chi connectivity index (χ4v) is 4.89. The van der Waals surface area contributed by atoms with Crippen molar-refractivity contribution < 1.29 is 9.59 Å². The lowest BCUT2D eigenvalue weighted by molar-refractivity contribution is 0.0787. The Kier molecular flexibility index (Phi) is 4.00. The summed E-state index contributed by atoms with van der Waals surface area (Å²) in [6.45, 7) is 4.30. The van der Waals surface area contributed by atoms with Crippen LogP contribution in [0.15, 0.2) is 11.4 Å². The number of likely N-dealkylation sites (tertiary alicyclic amines) is 1. The molecule has 1 saturated heterocycles. The minimum atomic E-state index is -0.0965. The van der Waals surface area contributed by atoms with Gasteiger partial charge in [0.2, 0.25) is 0 Å². The number of fused-ring (bicyclic) bond motifs is 1. The van der Waals surface area contributed by atoms with Crippen molar-refractivity contribution in [1.82, 2.24) is 20.2 Å². The van der Waals surface area contributed by atoms with E-state index < -0.39 is 0 Å². The first-order valence-electron chi connectivity index (χ1n) is 9.69. The summed E-state index contributed by atoms with van der Waals surface area (Å²) in [4.78, 5) is 36.3.